The molecule has 3 heteroatoms. The van der Waals surface area contributed by atoms with Gasteiger partial charge in [-0.1, -0.05) is 44.8 Å². The van der Waals surface area contributed by atoms with E-state index < -0.39 is 0 Å². The average Bonchev–Trinajstić information content (AvgIpc) is 2.12. The van der Waals surface area contributed by atoms with E-state index in [0.717, 1.165) is 6.42 Å². The molecule has 84 valence electrons. The lowest BCUT2D eigenvalue weighted by atomic mass is 10.1. The predicted molar refractivity (Wildman–Crippen MR) is 65.6 cm³/mol. The van der Waals surface area contributed by atoms with E-state index in [1.54, 1.807) is 0 Å². The minimum atomic E-state index is 0.348. The van der Waals surface area contributed by atoms with Gasteiger partial charge in [-0.3, -0.25) is 0 Å². The van der Waals surface area contributed by atoms with Gasteiger partial charge in [-0.15, -0.1) is 0 Å². The van der Waals surface area contributed by atoms with Crippen LogP contribution in [0.1, 0.15) is 52.4 Å². The zero-order valence-corrected chi connectivity index (χ0v) is 10.2. The first kappa shape index (κ1) is 13.8. The summed E-state index contributed by atoms with van der Waals surface area (Å²) >= 11 is 4.77. The summed E-state index contributed by atoms with van der Waals surface area (Å²) in [5.74, 6) is 0. The summed E-state index contributed by atoms with van der Waals surface area (Å²) in [5, 5.41) is 0. The van der Waals surface area contributed by atoms with Crippen LogP contribution in [0.4, 0.5) is 0 Å². The third kappa shape index (κ3) is 9.93. The highest BCUT2D eigenvalue weighted by atomic mass is 32.1. The van der Waals surface area contributed by atoms with E-state index >= 15 is 0 Å². The third-order valence-electron chi connectivity index (χ3n) is 2.22. The first-order valence-electron chi connectivity index (χ1n) is 5.56. The van der Waals surface area contributed by atoms with Crippen molar-refractivity contribution in [1.82, 2.24) is 0 Å². The Morgan fingerprint density at radius 3 is 2.64 bits per heavy atom. The molecule has 0 aromatic carbocycles. The molecule has 1 atom stereocenters. The lowest BCUT2D eigenvalue weighted by Gasteiger charge is -2.12. The van der Waals surface area contributed by atoms with Crippen molar-refractivity contribution in [2.75, 3.05) is 6.61 Å². The molecule has 0 aliphatic heterocycles. The molecule has 0 saturated heterocycles. The molecule has 0 aromatic heterocycles. The summed E-state index contributed by atoms with van der Waals surface area (Å²) < 4.78 is 5.57. The van der Waals surface area contributed by atoms with Crippen molar-refractivity contribution < 1.29 is 4.74 Å². The van der Waals surface area contributed by atoms with E-state index in [4.69, 9.17) is 22.7 Å². The molecule has 0 radical (unpaired) electrons. The first-order valence-corrected chi connectivity index (χ1v) is 5.97. The molecule has 0 saturated carbocycles. The number of nitrogens with two attached hydrogens (primary N) is 1. The van der Waals surface area contributed by atoms with E-state index in [9.17, 15) is 0 Å². The molecule has 0 aromatic rings. The van der Waals surface area contributed by atoms with Gasteiger partial charge in [0, 0.05) is 6.42 Å². The zero-order valence-electron chi connectivity index (χ0n) is 9.42. The van der Waals surface area contributed by atoms with E-state index in [2.05, 4.69) is 13.8 Å². The Bertz CT molecular complexity index is 150. The summed E-state index contributed by atoms with van der Waals surface area (Å²) in [6.07, 6.45) is 7.41. The first-order chi connectivity index (χ1) is 6.66. The van der Waals surface area contributed by atoms with Crippen LogP contribution >= 0.6 is 12.2 Å². The maximum atomic E-state index is 5.57. The van der Waals surface area contributed by atoms with Crippen LogP contribution in [-0.4, -0.2) is 17.7 Å². The molecule has 0 spiro atoms. The number of hydrogen-bond acceptors (Lipinski definition) is 2. The fraction of sp³-hybridized carbons (Fsp3) is 0.909. The standard InChI is InChI=1S/C11H23NOS/c1-3-4-5-6-7-10(2)13-9-8-11(12)14/h10H,3-9H2,1-2H3,(H2,12,14). The molecular weight excluding hydrogens is 194 g/mol. The average molecular weight is 217 g/mol. The molecule has 0 aliphatic carbocycles. The van der Waals surface area contributed by atoms with E-state index in [0.29, 0.717) is 24.1 Å². The number of ether oxygens (including phenoxy) is 1. The monoisotopic (exact) mass is 217 g/mol. The molecular formula is C11H23NOS. The van der Waals surface area contributed by atoms with Gasteiger partial charge in [-0.2, -0.15) is 0 Å². The molecule has 1 unspecified atom stereocenters. The van der Waals surface area contributed by atoms with Gasteiger partial charge < -0.3 is 10.5 Å². The van der Waals surface area contributed by atoms with Gasteiger partial charge in [0.15, 0.2) is 0 Å². The van der Waals surface area contributed by atoms with Crippen LogP contribution in [0.25, 0.3) is 0 Å². The Labute approximate surface area is 93.2 Å². The maximum absolute atomic E-state index is 5.57. The molecule has 0 fully saturated rings. The van der Waals surface area contributed by atoms with Crippen molar-refractivity contribution in [1.29, 1.82) is 0 Å². The highest BCUT2D eigenvalue weighted by Crippen LogP contribution is 2.07. The van der Waals surface area contributed by atoms with Gasteiger partial charge in [-0.05, 0) is 13.3 Å². The smallest absolute Gasteiger partial charge is 0.0750 e. The topological polar surface area (TPSA) is 35.2 Å². The van der Waals surface area contributed by atoms with Crippen molar-refractivity contribution in [3.05, 3.63) is 0 Å². The summed E-state index contributed by atoms with van der Waals surface area (Å²) in [6, 6.07) is 0. The molecule has 0 rings (SSSR count). The summed E-state index contributed by atoms with van der Waals surface area (Å²) in [6.45, 7) is 5.01. The van der Waals surface area contributed by atoms with Crippen LogP contribution in [-0.2, 0) is 4.74 Å². The van der Waals surface area contributed by atoms with E-state index in [1.165, 1.54) is 25.7 Å². The predicted octanol–water partition coefficient (Wildman–Crippen LogP) is 3.04. The number of hydrogen-bond donors (Lipinski definition) is 1. The molecule has 0 heterocycles. The molecule has 14 heavy (non-hydrogen) atoms. The van der Waals surface area contributed by atoms with Crippen molar-refractivity contribution >= 4 is 17.2 Å². The Balaban J connectivity index is 3.19. The Hall–Kier alpha value is -0.150. The molecule has 0 aliphatic rings. The van der Waals surface area contributed by atoms with Crippen LogP contribution in [0.5, 0.6) is 0 Å². The Morgan fingerprint density at radius 1 is 1.36 bits per heavy atom. The molecule has 0 amide bonds. The molecule has 2 N–H and O–H groups in total. The largest absolute Gasteiger partial charge is 0.393 e. The fourth-order valence-electron chi connectivity index (χ4n) is 1.30. The highest BCUT2D eigenvalue weighted by Gasteiger charge is 2.01. The van der Waals surface area contributed by atoms with Gasteiger partial charge in [0.1, 0.15) is 0 Å². The quantitative estimate of drug-likeness (QED) is 0.476. The van der Waals surface area contributed by atoms with Gasteiger partial charge >= 0.3 is 0 Å². The Morgan fingerprint density at radius 2 is 2.07 bits per heavy atom. The number of unbranched alkanes of at least 4 members (excludes halogenated alkanes) is 3. The molecule has 2 nitrogen and oxygen atoms in total. The van der Waals surface area contributed by atoms with Gasteiger partial charge in [0.25, 0.3) is 0 Å². The van der Waals surface area contributed by atoms with Crippen LogP contribution < -0.4 is 5.73 Å². The van der Waals surface area contributed by atoms with Gasteiger partial charge in [0.2, 0.25) is 0 Å². The highest BCUT2D eigenvalue weighted by molar-refractivity contribution is 7.80. The van der Waals surface area contributed by atoms with Crippen molar-refractivity contribution in [2.24, 2.45) is 5.73 Å². The summed E-state index contributed by atoms with van der Waals surface area (Å²) in [5.41, 5.74) is 5.37. The zero-order chi connectivity index (χ0) is 10.8. The van der Waals surface area contributed by atoms with Crippen LogP contribution in [0, 0.1) is 0 Å². The van der Waals surface area contributed by atoms with Crippen molar-refractivity contribution in [3.8, 4) is 0 Å². The lowest BCUT2D eigenvalue weighted by Crippen LogP contribution is -2.15. The van der Waals surface area contributed by atoms with Crippen LogP contribution in [0.2, 0.25) is 0 Å². The number of rotatable bonds is 9. The van der Waals surface area contributed by atoms with Crippen molar-refractivity contribution in [3.63, 3.8) is 0 Å². The normalized spacial score (nSPS) is 12.7. The second kappa shape index (κ2) is 9.41. The SMILES string of the molecule is CCCCCCC(C)OCCC(N)=S. The van der Waals surface area contributed by atoms with Crippen molar-refractivity contribution in [2.45, 2.75) is 58.5 Å². The minimum absolute atomic E-state index is 0.348. The van der Waals surface area contributed by atoms with E-state index in [-0.39, 0.29) is 0 Å². The third-order valence-corrected chi connectivity index (χ3v) is 2.42. The second-order valence-electron chi connectivity index (χ2n) is 3.75. The minimum Gasteiger partial charge on any atom is -0.393 e. The molecule has 0 bridgehead atoms. The van der Waals surface area contributed by atoms with Crippen LogP contribution in [0.3, 0.4) is 0 Å². The number of thiocarbonyl (C=S) groups is 1. The second-order valence-corrected chi connectivity index (χ2v) is 4.27. The van der Waals surface area contributed by atoms with Gasteiger partial charge in [-0.25, -0.2) is 0 Å². The maximum Gasteiger partial charge on any atom is 0.0750 e. The lowest BCUT2D eigenvalue weighted by molar-refractivity contribution is 0.0637. The van der Waals surface area contributed by atoms with Gasteiger partial charge in [0.05, 0.1) is 17.7 Å². The summed E-state index contributed by atoms with van der Waals surface area (Å²) in [4.78, 5) is 0.545. The van der Waals surface area contributed by atoms with E-state index in [1.807, 2.05) is 0 Å². The fourth-order valence-corrected chi connectivity index (χ4v) is 1.39. The van der Waals surface area contributed by atoms with Crippen LogP contribution in [0.15, 0.2) is 0 Å². The Kier molecular flexibility index (Phi) is 9.31. The summed E-state index contributed by atoms with van der Waals surface area (Å²) in [7, 11) is 0.